The molecule has 0 saturated carbocycles. The van der Waals surface area contributed by atoms with Crippen LogP contribution < -0.4 is 0 Å². The van der Waals surface area contributed by atoms with Crippen molar-refractivity contribution in [3.05, 3.63) is 95.9 Å². The van der Waals surface area contributed by atoms with E-state index in [-0.39, 0.29) is 11.8 Å². The molecular formula is C26H24N2O2S. The highest BCUT2D eigenvalue weighted by molar-refractivity contribution is 7.98. The van der Waals surface area contributed by atoms with Gasteiger partial charge in [0.1, 0.15) is 5.52 Å². The summed E-state index contributed by atoms with van der Waals surface area (Å²) in [6, 6.07) is 26.2. The lowest BCUT2D eigenvalue weighted by atomic mass is 9.96. The highest BCUT2D eigenvalue weighted by Gasteiger charge is 2.28. The molecule has 2 heterocycles. The summed E-state index contributed by atoms with van der Waals surface area (Å²) in [6.07, 6.45) is 1.75. The van der Waals surface area contributed by atoms with Crippen molar-refractivity contribution in [3.63, 3.8) is 0 Å². The number of piperidine rings is 1. The van der Waals surface area contributed by atoms with Crippen molar-refractivity contribution >= 4 is 28.8 Å². The first-order valence-corrected chi connectivity index (χ1v) is 11.7. The third-order valence-electron chi connectivity index (χ3n) is 5.80. The summed E-state index contributed by atoms with van der Waals surface area (Å²) in [6.45, 7) is 1.44. The fraction of sp³-hybridized carbons (Fsp3) is 0.231. The van der Waals surface area contributed by atoms with E-state index in [1.807, 2.05) is 71.6 Å². The van der Waals surface area contributed by atoms with Crippen LogP contribution in [-0.4, -0.2) is 28.9 Å². The number of carbonyl (C=O) groups is 1. The summed E-state index contributed by atoms with van der Waals surface area (Å²) < 4.78 is 5.96. The lowest BCUT2D eigenvalue weighted by Gasteiger charge is -2.31. The predicted octanol–water partition coefficient (Wildman–Crippen LogP) is 6.14. The number of nitrogens with zero attached hydrogens (tertiary/aromatic N) is 2. The van der Waals surface area contributed by atoms with Crippen LogP contribution in [0.5, 0.6) is 0 Å². The average molecular weight is 429 g/mol. The van der Waals surface area contributed by atoms with Gasteiger partial charge in [0.2, 0.25) is 0 Å². The number of benzene rings is 3. The molecule has 0 spiro atoms. The molecule has 156 valence electrons. The van der Waals surface area contributed by atoms with Gasteiger partial charge in [-0.3, -0.25) is 4.79 Å². The van der Waals surface area contributed by atoms with E-state index in [4.69, 9.17) is 4.42 Å². The molecule has 5 heteroatoms. The minimum absolute atomic E-state index is 0.118. The number of para-hydroxylation sites is 2. The molecule has 0 unspecified atom stereocenters. The third-order valence-corrected chi connectivity index (χ3v) is 6.94. The fourth-order valence-electron chi connectivity index (χ4n) is 4.07. The molecule has 4 nitrogen and oxygen atoms in total. The van der Waals surface area contributed by atoms with Crippen LogP contribution >= 0.6 is 11.8 Å². The minimum Gasteiger partial charge on any atom is -0.440 e. The normalized spacial score (nSPS) is 14.8. The smallest absolute Gasteiger partial charge is 0.254 e. The van der Waals surface area contributed by atoms with Crippen LogP contribution in [0.25, 0.3) is 11.1 Å². The number of likely N-dealkylation sites (tertiary alicyclic amines) is 1. The number of fused-ring (bicyclic) bond motifs is 1. The molecule has 1 aliphatic heterocycles. The predicted molar refractivity (Wildman–Crippen MR) is 124 cm³/mol. The number of amides is 1. The average Bonchev–Trinajstić information content (AvgIpc) is 3.28. The van der Waals surface area contributed by atoms with Crippen molar-refractivity contribution in [3.8, 4) is 0 Å². The van der Waals surface area contributed by atoms with E-state index in [1.54, 1.807) is 11.8 Å². The summed E-state index contributed by atoms with van der Waals surface area (Å²) in [7, 11) is 0. The molecule has 1 saturated heterocycles. The Bertz CT molecular complexity index is 1150. The van der Waals surface area contributed by atoms with Crippen LogP contribution in [0, 0.1) is 0 Å². The first-order valence-electron chi connectivity index (χ1n) is 10.7. The SMILES string of the molecule is O=C(c1ccccc1SCc1ccccc1)N1CCC(c2nc3ccccc3o2)CC1. The molecule has 1 aromatic heterocycles. The maximum Gasteiger partial charge on any atom is 0.254 e. The second-order valence-electron chi connectivity index (χ2n) is 7.86. The molecule has 0 bridgehead atoms. The highest BCUT2D eigenvalue weighted by atomic mass is 32.2. The van der Waals surface area contributed by atoms with Gasteiger partial charge in [-0.2, -0.15) is 0 Å². The Labute approximate surface area is 186 Å². The molecule has 0 atom stereocenters. The van der Waals surface area contributed by atoms with Crippen LogP contribution in [0.3, 0.4) is 0 Å². The minimum atomic E-state index is 0.118. The van der Waals surface area contributed by atoms with Gasteiger partial charge in [0, 0.05) is 29.7 Å². The number of oxazole rings is 1. The Morgan fingerprint density at radius 3 is 2.45 bits per heavy atom. The molecule has 4 aromatic rings. The van der Waals surface area contributed by atoms with Crippen LogP contribution in [-0.2, 0) is 5.75 Å². The van der Waals surface area contributed by atoms with Crippen molar-refractivity contribution in [1.82, 2.24) is 9.88 Å². The standard InChI is InChI=1S/C26H24N2O2S/c29-26(21-10-4-7-13-24(21)31-18-19-8-2-1-3-9-19)28-16-14-20(15-17-28)25-27-22-11-5-6-12-23(22)30-25/h1-13,20H,14-18H2. The van der Waals surface area contributed by atoms with Gasteiger partial charge in [-0.15, -0.1) is 11.8 Å². The van der Waals surface area contributed by atoms with Crippen LogP contribution in [0.15, 0.2) is 88.2 Å². The van der Waals surface area contributed by atoms with Gasteiger partial charge in [0.05, 0.1) is 5.56 Å². The van der Waals surface area contributed by atoms with Crippen molar-refractivity contribution < 1.29 is 9.21 Å². The lowest BCUT2D eigenvalue weighted by molar-refractivity contribution is 0.0703. The van der Waals surface area contributed by atoms with Crippen molar-refractivity contribution in [2.24, 2.45) is 0 Å². The van der Waals surface area contributed by atoms with E-state index >= 15 is 0 Å². The summed E-state index contributed by atoms with van der Waals surface area (Å²) >= 11 is 1.72. The highest BCUT2D eigenvalue weighted by Crippen LogP contribution is 2.32. The second kappa shape index (κ2) is 8.98. The Hall–Kier alpha value is -3.05. The van der Waals surface area contributed by atoms with Crippen molar-refractivity contribution in [1.29, 1.82) is 0 Å². The van der Waals surface area contributed by atoms with Gasteiger partial charge in [0.15, 0.2) is 11.5 Å². The Balaban J connectivity index is 1.25. The molecule has 31 heavy (non-hydrogen) atoms. The van der Waals surface area contributed by atoms with Crippen molar-refractivity contribution in [2.75, 3.05) is 13.1 Å². The van der Waals surface area contributed by atoms with E-state index in [1.165, 1.54) is 5.56 Å². The number of carbonyl (C=O) groups excluding carboxylic acids is 1. The summed E-state index contributed by atoms with van der Waals surface area (Å²) in [5.41, 5.74) is 3.79. The summed E-state index contributed by atoms with van der Waals surface area (Å²) in [5.74, 6) is 2.03. The van der Waals surface area contributed by atoms with Crippen molar-refractivity contribution in [2.45, 2.75) is 29.4 Å². The van der Waals surface area contributed by atoms with E-state index in [9.17, 15) is 4.79 Å². The zero-order valence-corrected chi connectivity index (χ0v) is 18.1. The van der Waals surface area contributed by atoms with Gasteiger partial charge >= 0.3 is 0 Å². The number of aromatic nitrogens is 1. The van der Waals surface area contributed by atoms with E-state index in [0.717, 1.165) is 59.1 Å². The monoisotopic (exact) mass is 428 g/mol. The first kappa shape index (κ1) is 19.9. The molecule has 0 radical (unpaired) electrons. The molecular weight excluding hydrogens is 404 g/mol. The van der Waals surface area contributed by atoms with Gasteiger partial charge in [-0.05, 0) is 42.7 Å². The molecule has 1 amide bonds. The second-order valence-corrected chi connectivity index (χ2v) is 8.87. The molecule has 0 aliphatic carbocycles. The van der Waals surface area contributed by atoms with E-state index in [2.05, 4.69) is 17.1 Å². The van der Waals surface area contributed by atoms with Gasteiger partial charge in [0.25, 0.3) is 5.91 Å². The topological polar surface area (TPSA) is 46.3 Å². The summed E-state index contributed by atoms with van der Waals surface area (Å²) in [5, 5.41) is 0. The largest absolute Gasteiger partial charge is 0.440 e. The Kier molecular flexibility index (Phi) is 5.76. The lowest BCUT2D eigenvalue weighted by Crippen LogP contribution is -2.38. The first-order chi connectivity index (χ1) is 15.3. The fourth-order valence-corrected chi connectivity index (χ4v) is 5.07. The Morgan fingerprint density at radius 1 is 0.935 bits per heavy atom. The zero-order valence-electron chi connectivity index (χ0n) is 17.2. The Morgan fingerprint density at radius 2 is 1.65 bits per heavy atom. The summed E-state index contributed by atoms with van der Waals surface area (Å²) in [4.78, 5) is 21.0. The maximum atomic E-state index is 13.3. The molecule has 1 aliphatic rings. The quantitative estimate of drug-likeness (QED) is 0.358. The molecule has 5 rings (SSSR count). The van der Waals surface area contributed by atoms with E-state index < -0.39 is 0 Å². The number of rotatable bonds is 5. The molecule has 1 fully saturated rings. The van der Waals surface area contributed by atoms with Crippen LogP contribution in [0.2, 0.25) is 0 Å². The zero-order chi connectivity index (χ0) is 21.0. The van der Waals surface area contributed by atoms with Gasteiger partial charge in [-0.25, -0.2) is 4.98 Å². The number of thioether (sulfide) groups is 1. The number of hydrogen-bond donors (Lipinski definition) is 0. The van der Waals surface area contributed by atoms with Gasteiger partial charge in [-0.1, -0.05) is 54.6 Å². The van der Waals surface area contributed by atoms with Crippen LogP contribution in [0.4, 0.5) is 0 Å². The molecule has 0 N–H and O–H groups in total. The van der Waals surface area contributed by atoms with E-state index in [0.29, 0.717) is 0 Å². The van der Waals surface area contributed by atoms with Crippen LogP contribution in [0.1, 0.15) is 40.6 Å². The van der Waals surface area contributed by atoms with Gasteiger partial charge < -0.3 is 9.32 Å². The maximum absolute atomic E-state index is 13.3. The number of hydrogen-bond acceptors (Lipinski definition) is 4. The molecule has 3 aromatic carbocycles. The third kappa shape index (κ3) is 4.37.